The van der Waals surface area contributed by atoms with Crippen LogP contribution in [-0.4, -0.2) is 31.9 Å². The van der Waals surface area contributed by atoms with Crippen molar-refractivity contribution >= 4 is 5.78 Å². The Bertz CT molecular complexity index is 366. The van der Waals surface area contributed by atoms with E-state index in [1.165, 1.54) is 0 Å². The quantitative estimate of drug-likeness (QED) is 0.509. The predicted octanol–water partition coefficient (Wildman–Crippen LogP) is 3.06. The fourth-order valence-electron chi connectivity index (χ4n) is 1.71. The van der Waals surface area contributed by atoms with Crippen molar-refractivity contribution in [1.82, 2.24) is 0 Å². The minimum Gasteiger partial charge on any atom is -0.494 e. The molecule has 0 aliphatic carbocycles. The molecule has 4 heteroatoms. The maximum atomic E-state index is 12.1. The number of benzene rings is 1. The Balaban J connectivity index is 2.60. The van der Waals surface area contributed by atoms with Gasteiger partial charge in [-0.15, -0.1) is 0 Å². The van der Waals surface area contributed by atoms with Gasteiger partial charge in [-0.1, -0.05) is 0 Å². The minimum atomic E-state index is -0.464. The van der Waals surface area contributed by atoms with Gasteiger partial charge in [-0.25, -0.2) is 0 Å². The lowest BCUT2D eigenvalue weighted by Crippen LogP contribution is -2.21. The minimum absolute atomic E-state index is 0.00921. The van der Waals surface area contributed by atoms with E-state index in [1.54, 1.807) is 24.3 Å². The number of hydrogen-bond acceptors (Lipinski definition) is 4. The highest BCUT2D eigenvalue weighted by atomic mass is 16.7. The average Bonchev–Trinajstić information content (AvgIpc) is 2.40. The highest BCUT2D eigenvalue weighted by Gasteiger charge is 2.15. The molecule has 0 heterocycles. The third-order valence-electron chi connectivity index (χ3n) is 2.54. The second kappa shape index (κ2) is 8.67. The van der Waals surface area contributed by atoms with Crippen molar-refractivity contribution in [2.24, 2.45) is 0 Å². The monoisotopic (exact) mass is 266 g/mol. The summed E-state index contributed by atoms with van der Waals surface area (Å²) in [5.74, 6) is 0.778. The van der Waals surface area contributed by atoms with Crippen LogP contribution < -0.4 is 4.74 Å². The first kappa shape index (κ1) is 15.7. The van der Waals surface area contributed by atoms with Gasteiger partial charge in [-0.05, 0) is 45.0 Å². The Hall–Kier alpha value is -1.39. The number of hydrogen-bond donors (Lipinski definition) is 0. The van der Waals surface area contributed by atoms with Crippen LogP contribution in [0.4, 0.5) is 0 Å². The Morgan fingerprint density at radius 1 is 1.00 bits per heavy atom. The van der Waals surface area contributed by atoms with E-state index in [4.69, 9.17) is 14.2 Å². The van der Waals surface area contributed by atoms with Crippen molar-refractivity contribution < 1.29 is 19.0 Å². The van der Waals surface area contributed by atoms with E-state index in [0.717, 1.165) is 5.75 Å². The van der Waals surface area contributed by atoms with Crippen LogP contribution in [0.25, 0.3) is 0 Å². The summed E-state index contributed by atoms with van der Waals surface area (Å²) >= 11 is 0. The molecule has 0 amide bonds. The number of carbonyl (C=O) groups is 1. The van der Waals surface area contributed by atoms with Gasteiger partial charge in [-0.2, -0.15) is 0 Å². The third kappa shape index (κ3) is 5.41. The topological polar surface area (TPSA) is 44.8 Å². The average molecular weight is 266 g/mol. The summed E-state index contributed by atoms with van der Waals surface area (Å²) in [6.07, 6.45) is -0.232. The summed E-state index contributed by atoms with van der Waals surface area (Å²) in [5.41, 5.74) is 0.646. The first-order valence-corrected chi connectivity index (χ1v) is 6.70. The van der Waals surface area contributed by atoms with E-state index < -0.39 is 6.29 Å². The SMILES string of the molecule is CCOc1ccc(C(=O)CC(OCC)OCC)cc1. The van der Waals surface area contributed by atoms with Crippen LogP contribution in [0.15, 0.2) is 24.3 Å². The maximum Gasteiger partial charge on any atom is 0.167 e. The number of rotatable bonds is 9. The Labute approximate surface area is 114 Å². The van der Waals surface area contributed by atoms with Crippen molar-refractivity contribution in [1.29, 1.82) is 0 Å². The normalized spacial score (nSPS) is 10.7. The lowest BCUT2D eigenvalue weighted by molar-refractivity contribution is -0.133. The Morgan fingerprint density at radius 2 is 1.58 bits per heavy atom. The van der Waals surface area contributed by atoms with Crippen molar-refractivity contribution in [3.63, 3.8) is 0 Å². The maximum absolute atomic E-state index is 12.1. The molecule has 4 nitrogen and oxygen atoms in total. The highest BCUT2D eigenvalue weighted by molar-refractivity contribution is 5.96. The summed E-state index contributed by atoms with van der Waals surface area (Å²) in [7, 11) is 0. The van der Waals surface area contributed by atoms with E-state index in [0.29, 0.717) is 25.4 Å². The van der Waals surface area contributed by atoms with Crippen molar-refractivity contribution in [2.75, 3.05) is 19.8 Å². The number of ketones is 1. The number of ether oxygens (including phenoxy) is 3. The first-order chi connectivity index (χ1) is 9.21. The molecule has 0 fully saturated rings. The Morgan fingerprint density at radius 3 is 2.05 bits per heavy atom. The van der Waals surface area contributed by atoms with Crippen LogP contribution in [-0.2, 0) is 9.47 Å². The number of Topliss-reactive ketones (excluding diaryl/α,β-unsaturated/α-hetero) is 1. The van der Waals surface area contributed by atoms with Gasteiger partial charge in [0.15, 0.2) is 12.1 Å². The van der Waals surface area contributed by atoms with Crippen molar-refractivity contribution in [2.45, 2.75) is 33.5 Å². The van der Waals surface area contributed by atoms with Gasteiger partial charge in [0.2, 0.25) is 0 Å². The van der Waals surface area contributed by atoms with Gasteiger partial charge in [-0.3, -0.25) is 4.79 Å². The van der Waals surface area contributed by atoms with Crippen LogP contribution in [0, 0.1) is 0 Å². The van der Waals surface area contributed by atoms with Crippen molar-refractivity contribution in [3.05, 3.63) is 29.8 Å². The molecule has 0 saturated carbocycles. The van der Waals surface area contributed by atoms with Crippen LogP contribution in [0.1, 0.15) is 37.6 Å². The molecular formula is C15H22O4. The number of carbonyl (C=O) groups excluding carboxylic acids is 1. The second-order valence-corrected chi connectivity index (χ2v) is 3.92. The van der Waals surface area contributed by atoms with Gasteiger partial charge in [0.1, 0.15) is 5.75 Å². The van der Waals surface area contributed by atoms with E-state index in [1.807, 2.05) is 20.8 Å². The van der Waals surface area contributed by atoms with Gasteiger partial charge in [0.25, 0.3) is 0 Å². The van der Waals surface area contributed by atoms with E-state index in [9.17, 15) is 4.79 Å². The molecule has 106 valence electrons. The summed E-state index contributed by atoms with van der Waals surface area (Å²) < 4.78 is 16.1. The van der Waals surface area contributed by atoms with Crippen LogP contribution >= 0.6 is 0 Å². The molecule has 1 rings (SSSR count). The summed E-state index contributed by atoms with van der Waals surface area (Å²) in [6, 6.07) is 7.13. The lowest BCUT2D eigenvalue weighted by Gasteiger charge is -2.16. The molecule has 1 aromatic carbocycles. The van der Waals surface area contributed by atoms with E-state index in [2.05, 4.69) is 0 Å². The molecule has 0 aromatic heterocycles. The molecule has 0 N–H and O–H groups in total. The molecule has 0 bridgehead atoms. The van der Waals surface area contributed by atoms with Gasteiger partial charge < -0.3 is 14.2 Å². The molecular weight excluding hydrogens is 244 g/mol. The smallest absolute Gasteiger partial charge is 0.167 e. The molecule has 0 spiro atoms. The van der Waals surface area contributed by atoms with E-state index >= 15 is 0 Å². The molecule has 0 unspecified atom stereocenters. The summed E-state index contributed by atoms with van der Waals surface area (Å²) in [5, 5.41) is 0. The molecule has 0 atom stereocenters. The standard InChI is InChI=1S/C15H22O4/c1-4-17-13-9-7-12(8-10-13)14(16)11-15(18-5-2)19-6-3/h7-10,15H,4-6,11H2,1-3H3. The zero-order valence-electron chi connectivity index (χ0n) is 11.8. The first-order valence-electron chi connectivity index (χ1n) is 6.70. The molecule has 0 aliphatic heterocycles. The summed E-state index contributed by atoms with van der Waals surface area (Å²) in [4.78, 5) is 12.1. The van der Waals surface area contributed by atoms with Crippen molar-refractivity contribution in [3.8, 4) is 5.75 Å². The molecule has 0 aliphatic rings. The fourth-order valence-corrected chi connectivity index (χ4v) is 1.71. The Kier molecular flexibility index (Phi) is 7.15. The summed E-state index contributed by atoms with van der Waals surface area (Å²) in [6.45, 7) is 7.36. The molecule has 1 aromatic rings. The largest absolute Gasteiger partial charge is 0.494 e. The molecule has 19 heavy (non-hydrogen) atoms. The van der Waals surface area contributed by atoms with Gasteiger partial charge in [0, 0.05) is 18.8 Å². The van der Waals surface area contributed by atoms with Crippen LogP contribution in [0.5, 0.6) is 5.75 Å². The molecule has 0 radical (unpaired) electrons. The van der Waals surface area contributed by atoms with Crippen LogP contribution in [0.2, 0.25) is 0 Å². The molecule has 0 saturated heterocycles. The predicted molar refractivity (Wildman–Crippen MR) is 73.6 cm³/mol. The van der Waals surface area contributed by atoms with Gasteiger partial charge >= 0.3 is 0 Å². The highest BCUT2D eigenvalue weighted by Crippen LogP contribution is 2.15. The lowest BCUT2D eigenvalue weighted by atomic mass is 10.1. The third-order valence-corrected chi connectivity index (χ3v) is 2.54. The fraction of sp³-hybridized carbons (Fsp3) is 0.533. The van der Waals surface area contributed by atoms with Crippen LogP contribution in [0.3, 0.4) is 0 Å². The second-order valence-electron chi connectivity index (χ2n) is 3.92. The van der Waals surface area contributed by atoms with E-state index in [-0.39, 0.29) is 12.2 Å². The zero-order chi connectivity index (χ0) is 14.1. The van der Waals surface area contributed by atoms with Gasteiger partial charge in [0.05, 0.1) is 13.0 Å². The zero-order valence-corrected chi connectivity index (χ0v) is 11.8.